The lowest BCUT2D eigenvalue weighted by Gasteiger charge is -2.14. The normalized spacial score (nSPS) is 9.95. The van der Waals surface area contributed by atoms with E-state index in [1.807, 2.05) is 0 Å². The number of nitrogens with zero attached hydrogens (tertiary/aromatic N) is 1. The molecule has 1 aromatic carbocycles. The lowest BCUT2D eigenvalue weighted by Crippen LogP contribution is -2.08. The van der Waals surface area contributed by atoms with E-state index in [0.29, 0.717) is 28.9 Å². The van der Waals surface area contributed by atoms with Gasteiger partial charge in [0.2, 0.25) is 11.7 Å². The zero-order valence-corrected chi connectivity index (χ0v) is 11.4. The molecule has 2 N–H and O–H groups in total. The smallest absolute Gasteiger partial charge is 0.252 e. The minimum Gasteiger partial charge on any atom is -0.493 e. The predicted molar refractivity (Wildman–Crippen MR) is 74.2 cm³/mol. The molecule has 2 aromatic rings. The van der Waals surface area contributed by atoms with Gasteiger partial charge in [0, 0.05) is 30.1 Å². The van der Waals surface area contributed by atoms with E-state index in [0.717, 1.165) is 0 Å². The van der Waals surface area contributed by atoms with Crippen LogP contribution in [0.2, 0.25) is 0 Å². The van der Waals surface area contributed by atoms with Gasteiger partial charge in [-0.3, -0.25) is 9.78 Å². The van der Waals surface area contributed by atoms with Gasteiger partial charge in [-0.1, -0.05) is 0 Å². The van der Waals surface area contributed by atoms with Gasteiger partial charge in [-0.25, -0.2) is 4.98 Å². The second-order valence-corrected chi connectivity index (χ2v) is 3.82. The van der Waals surface area contributed by atoms with E-state index in [2.05, 4.69) is 15.3 Å². The predicted octanol–water partition coefficient (Wildman–Crippen LogP) is 1.54. The van der Waals surface area contributed by atoms with Crippen LogP contribution in [0.15, 0.2) is 29.2 Å². The van der Waals surface area contributed by atoms with Crippen LogP contribution in [0.5, 0.6) is 17.2 Å². The Labute approximate surface area is 115 Å². The highest BCUT2D eigenvalue weighted by molar-refractivity contribution is 5.65. The summed E-state index contributed by atoms with van der Waals surface area (Å²) in [5, 5.41) is 2.96. The first kappa shape index (κ1) is 13.7. The van der Waals surface area contributed by atoms with Crippen molar-refractivity contribution in [2.24, 2.45) is 0 Å². The van der Waals surface area contributed by atoms with Gasteiger partial charge in [0.25, 0.3) is 5.56 Å². The van der Waals surface area contributed by atoms with Gasteiger partial charge in [-0.15, -0.1) is 0 Å². The number of aromatic amines is 1. The Morgan fingerprint density at radius 2 is 1.75 bits per heavy atom. The largest absolute Gasteiger partial charge is 0.493 e. The number of anilines is 2. The number of nitrogens with one attached hydrogen (secondary N) is 2. The number of ether oxygens (including phenoxy) is 3. The third kappa shape index (κ3) is 2.82. The van der Waals surface area contributed by atoms with Gasteiger partial charge < -0.3 is 19.5 Å². The van der Waals surface area contributed by atoms with Crippen molar-refractivity contribution in [2.75, 3.05) is 26.6 Å². The quantitative estimate of drug-likeness (QED) is 0.862. The average molecular weight is 277 g/mol. The third-order valence-electron chi connectivity index (χ3n) is 2.60. The summed E-state index contributed by atoms with van der Waals surface area (Å²) in [6.07, 6.45) is 1.42. The minimum absolute atomic E-state index is 0.241. The van der Waals surface area contributed by atoms with Crippen LogP contribution >= 0.6 is 0 Å². The molecule has 7 nitrogen and oxygen atoms in total. The van der Waals surface area contributed by atoms with E-state index in [1.54, 1.807) is 12.1 Å². The molecule has 0 amide bonds. The zero-order valence-electron chi connectivity index (χ0n) is 11.4. The Kier molecular flexibility index (Phi) is 4.09. The second kappa shape index (κ2) is 5.96. The fourth-order valence-corrected chi connectivity index (χ4v) is 1.72. The molecule has 0 bridgehead atoms. The molecule has 0 fully saturated rings. The number of hydrogen-bond donors (Lipinski definition) is 2. The van der Waals surface area contributed by atoms with Crippen LogP contribution in [0, 0.1) is 0 Å². The molecule has 1 heterocycles. The van der Waals surface area contributed by atoms with Crippen molar-refractivity contribution >= 4 is 11.6 Å². The summed E-state index contributed by atoms with van der Waals surface area (Å²) in [6.45, 7) is 0. The molecule has 0 saturated carbocycles. The molecular weight excluding hydrogens is 262 g/mol. The van der Waals surface area contributed by atoms with Crippen LogP contribution in [0.1, 0.15) is 0 Å². The first-order valence-electron chi connectivity index (χ1n) is 5.80. The van der Waals surface area contributed by atoms with Crippen molar-refractivity contribution in [3.8, 4) is 17.2 Å². The Morgan fingerprint density at radius 3 is 2.25 bits per heavy atom. The molecule has 0 spiro atoms. The van der Waals surface area contributed by atoms with Crippen molar-refractivity contribution in [1.29, 1.82) is 0 Å². The number of H-pyrrole nitrogens is 1. The molecule has 1 aromatic heterocycles. The first-order valence-corrected chi connectivity index (χ1v) is 5.80. The van der Waals surface area contributed by atoms with Gasteiger partial charge in [0.05, 0.1) is 21.3 Å². The van der Waals surface area contributed by atoms with Crippen molar-refractivity contribution < 1.29 is 14.2 Å². The first-order chi connectivity index (χ1) is 9.67. The minimum atomic E-state index is -0.241. The summed E-state index contributed by atoms with van der Waals surface area (Å²) >= 11 is 0. The molecule has 0 atom stereocenters. The molecule has 0 aliphatic carbocycles. The molecule has 7 heteroatoms. The van der Waals surface area contributed by atoms with Crippen molar-refractivity contribution in [1.82, 2.24) is 9.97 Å². The lowest BCUT2D eigenvalue weighted by molar-refractivity contribution is 0.324. The summed E-state index contributed by atoms with van der Waals surface area (Å²) in [7, 11) is 4.59. The molecule has 0 aliphatic rings. The second-order valence-electron chi connectivity index (χ2n) is 3.82. The van der Waals surface area contributed by atoms with E-state index >= 15 is 0 Å². The molecule has 2 rings (SSSR count). The molecule has 106 valence electrons. The molecule has 0 radical (unpaired) electrons. The van der Waals surface area contributed by atoms with Crippen molar-refractivity contribution in [3.63, 3.8) is 0 Å². The summed E-state index contributed by atoms with van der Waals surface area (Å²) in [4.78, 5) is 17.8. The van der Waals surface area contributed by atoms with E-state index in [-0.39, 0.29) is 5.56 Å². The van der Waals surface area contributed by atoms with E-state index in [1.165, 1.54) is 33.6 Å². The fraction of sp³-hybridized carbons (Fsp3) is 0.231. The van der Waals surface area contributed by atoms with Gasteiger partial charge >= 0.3 is 0 Å². The monoisotopic (exact) mass is 277 g/mol. The standard InChI is InChI=1S/C13H15N3O4/c1-18-9-6-8(7-10(19-2)12(9)20-3)15-13-14-5-4-11(17)16-13/h4-7H,1-3H3,(H2,14,15,16,17). The number of rotatable bonds is 5. The van der Waals surface area contributed by atoms with Gasteiger partial charge in [-0.2, -0.15) is 0 Å². The maximum absolute atomic E-state index is 11.2. The van der Waals surface area contributed by atoms with Crippen LogP contribution in [0.25, 0.3) is 0 Å². The Balaban J connectivity index is 2.39. The molecule has 0 unspecified atom stereocenters. The van der Waals surface area contributed by atoms with E-state index in [4.69, 9.17) is 14.2 Å². The molecule has 0 saturated heterocycles. The fourth-order valence-electron chi connectivity index (χ4n) is 1.72. The summed E-state index contributed by atoms with van der Waals surface area (Å²) < 4.78 is 15.7. The van der Waals surface area contributed by atoms with E-state index in [9.17, 15) is 4.79 Å². The van der Waals surface area contributed by atoms with Gasteiger partial charge in [0.15, 0.2) is 11.5 Å². The Hall–Kier alpha value is -2.70. The number of aromatic nitrogens is 2. The molecular formula is C13H15N3O4. The maximum atomic E-state index is 11.2. The van der Waals surface area contributed by atoms with E-state index < -0.39 is 0 Å². The Bertz CT molecular complexity index is 629. The highest BCUT2D eigenvalue weighted by Crippen LogP contribution is 2.40. The Morgan fingerprint density at radius 1 is 1.10 bits per heavy atom. The molecule has 0 aliphatic heterocycles. The lowest BCUT2D eigenvalue weighted by atomic mass is 10.2. The van der Waals surface area contributed by atoms with Gasteiger partial charge in [0.1, 0.15) is 0 Å². The SMILES string of the molecule is COc1cc(Nc2nccc(=O)[nH]2)cc(OC)c1OC. The number of methoxy groups -OCH3 is 3. The average Bonchev–Trinajstić information content (AvgIpc) is 2.46. The summed E-state index contributed by atoms with van der Waals surface area (Å²) in [5.41, 5.74) is 0.406. The zero-order chi connectivity index (χ0) is 14.5. The maximum Gasteiger partial charge on any atom is 0.252 e. The van der Waals surface area contributed by atoms with Crippen LogP contribution in [0.4, 0.5) is 11.6 Å². The van der Waals surface area contributed by atoms with Crippen LogP contribution in [-0.4, -0.2) is 31.3 Å². The summed E-state index contributed by atoms with van der Waals surface area (Å²) in [5.74, 6) is 1.84. The van der Waals surface area contributed by atoms with Gasteiger partial charge in [-0.05, 0) is 0 Å². The number of hydrogen-bond acceptors (Lipinski definition) is 6. The van der Waals surface area contributed by atoms with Crippen LogP contribution in [0.3, 0.4) is 0 Å². The molecule has 20 heavy (non-hydrogen) atoms. The van der Waals surface area contributed by atoms with Crippen molar-refractivity contribution in [3.05, 3.63) is 34.7 Å². The van der Waals surface area contributed by atoms with Crippen LogP contribution in [-0.2, 0) is 0 Å². The topological polar surface area (TPSA) is 85.5 Å². The highest BCUT2D eigenvalue weighted by Gasteiger charge is 2.13. The highest BCUT2D eigenvalue weighted by atomic mass is 16.5. The summed E-state index contributed by atoms with van der Waals surface area (Å²) in [6, 6.07) is 4.77. The number of benzene rings is 1. The van der Waals surface area contributed by atoms with Crippen LogP contribution < -0.4 is 25.1 Å². The third-order valence-corrected chi connectivity index (χ3v) is 2.60. The van der Waals surface area contributed by atoms with Crippen molar-refractivity contribution in [2.45, 2.75) is 0 Å².